The molecule has 0 aliphatic rings. The lowest BCUT2D eigenvalue weighted by molar-refractivity contribution is -0.134. The average Bonchev–Trinajstić information content (AvgIpc) is 2.49. The Kier molecular flexibility index (Phi) is 5.47. The normalized spacial score (nSPS) is 10.5. The number of rotatable bonds is 6. The number of carbonyl (C=O) groups excluding carboxylic acids is 1. The van der Waals surface area contributed by atoms with E-state index in [0.29, 0.717) is 17.7 Å². The van der Waals surface area contributed by atoms with Gasteiger partial charge in [0.1, 0.15) is 11.5 Å². The summed E-state index contributed by atoms with van der Waals surface area (Å²) >= 11 is 0. The van der Waals surface area contributed by atoms with E-state index in [1.807, 2.05) is 6.07 Å². The van der Waals surface area contributed by atoms with Crippen LogP contribution in [0.2, 0.25) is 0 Å². The minimum atomic E-state index is -2.86. The van der Waals surface area contributed by atoms with E-state index in [-0.39, 0.29) is 18.1 Å². The molecule has 0 fully saturated rings. The van der Waals surface area contributed by atoms with Crippen LogP contribution >= 0.6 is 0 Å². The fraction of sp³-hybridized carbons (Fsp3) is 0.235. The number of hydrogen-bond donors (Lipinski definition) is 0. The van der Waals surface area contributed by atoms with Gasteiger partial charge in [0.2, 0.25) is 0 Å². The molecule has 116 valence electrons. The predicted molar refractivity (Wildman–Crippen MR) is 78.2 cm³/mol. The van der Waals surface area contributed by atoms with Crippen LogP contribution in [0.1, 0.15) is 24.5 Å². The van der Waals surface area contributed by atoms with Crippen LogP contribution in [0.3, 0.4) is 0 Å². The molecule has 2 aromatic carbocycles. The molecule has 0 N–H and O–H groups in total. The molecule has 22 heavy (non-hydrogen) atoms. The van der Waals surface area contributed by atoms with Crippen molar-refractivity contribution < 1.29 is 23.0 Å². The van der Waals surface area contributed by atoms with Crippen molar-refractivity contribution in [2.75, 3.05) is 0 Å². The van der Waals surface area contributed by atoms with Gasteiger partial charge in [0.05, 0.1) is 0 Å². The molecular formula is C17H16F2O3. The van der Waals surface area contributed by atoms with Crippen LogP contribution in [-0.4, -0.2) is 12.6 Å². The minimum absolute atomic E-state index is 0.147. The summed E-state index contributed by atoms with van der Waals surface area (Å²) in [7, 11) is 0. The third-order valence-electron chi connectivity index (χ3n) is 3.00. The van der Waals surface area contributed by atoms with Gasteiger partial charge in [0, 0.05) is 12.8 Å². The van der Waals surface area contributed by atoms with Gasteiger partial charge in [-0.05, 0) is 29.3 Å². The molecule has 2 aromatic rings. The summed E-state index contributed by atoms with van der Waals surface area (Å²) in [5.41, 5.74) is 1.48. The Hall–Kier alpha value is -2.43. The van der Waals surface area contributed by atoms with Crippen molar-refractivity contribution in [2.45, 2.75) is 26.4 Å². The largest absolute Gasteiger partial charge is 0.435 e. The Morgan fingerprint density at radius 2 is 1.91 bits per heavy atom. The minimum Gasteiger partial charge on any atom is -0.435 e. The molecule has 0 saturated heterocycles. The molecule has 3 nitrogen and oxygen atoms in total. The van der Waals surface area contributed by atoms with Gasteiger partial charge >= 0.3 is 12.6 Å². The maximum atomic E-state index is 12.4. The number of hydrogen-bond acceptors (Lipinski definition) is 3. The van der Waals surface area contributed by atoms with Gasteiger partial charge in [-0.15, -0.1) is 0 Å². The quantitative estimate of drug-likeness (QED) is 0.593. The Morgan fingerprint density at radius 3 is 2.64 bits per heavy atom. The first-order chi connectivity index (χ1) is 10.6. The standard InChI is InChI=1S/C17H16F2O3/c1-2-16(20)21-14-8-5-6-12(11-14)10-13-7-3-4-9-15(13)22-17(18)19/h3-9,11,17H,2,10H2,1H3. The van der Waals surface area contributed by atoms with Crippen LogP contribution in [0.25, 0.3) is 0 Å². The molecular weight excluding hydrogens is 290 g/mol. The number of para-hydroxylation sites is 1. The smallest absolute Gasteiger partial charge is 0.387 e. The number of benzene rings is 2. The topological polar surface area (TPSA) is 35.5 Å². The molecule has 5 heteroatoms. The first kappa shape index (κ1) is 15.9. The molecule has 0 aromatic heterocycles. The lowest BCUT2D eigenvalue weighted by Crippen LogP contribution is -2.06. The maximum Gasteiger partial charge on any atom is 0.387 e. The summed E-state index contributed by atoms with van der Waals surface area (Å²) in [5, 5.41) is 0. The number of halogens is 2. The van der Waals surface area contributed by atoms with Gasteiger partial charge in [-0.25, -0.2) is 0 Å². The van der Waals surface area contributed by atoms with Crippen LogP contribution in [0.5, 0.6) is 11.5 Å². The van der Waals surface area contributed by atoms with E-state index < -0.39 is 6.61 Å². The average molecular weight is 306 g/mol. The molecule has 0 amide bonds. The van der Waals surface area contributed by atoms with Gasteiger partial charge in [0.15, 0.2) is 0 Å². The second kappa shape index (κ2) is 7.54. The number of alkyl halides is 2. The summed E-state index contributed by atoms with van der Waals surface area (Å²) in [4.78, 5) is 11.3. The highest BCUT2D eigenvalue weighted by atomic mass is 19.3. The van der Waals surface area contributed by atoms with Gasteiger partial charge in [-0.2, -0.15) is 8.78 Å². The molecule has 0 unspecified atom stereocenters. The van der Waals surface area contributed by atoms with E-state index in [0.717, 1.165) is 5.56 Å². The Labute approximate surface area is 127 Å². The fourth-order valence-electron chi connectivity index (χ4n) is 2.00. The number of ether oxygens (including phenoxy) is 2. The zero-order valence-electron chi connectivity index (χ0n) is 12.1. The molecule has 0 atom stereocenters. The van der Waals surface area contributed by atoms with Gasteiger partial charge in [0.25, 0.3) is 0 Å². The van der Waals surface area contributed by atoms with Crippen molar-refractivity contribution in [3.05, 3.63) is 59.7 Å². The van der Waals surface area contributed by atoms with Gasteiger partial charge in [-0.3, -0.25) is 4.79 Å². The van der Waals surface area contributed by atoms with Crippen LogP contribution in [0, 0.1) is 0 Å². The maximum absolute atomic E-state index is 12.4. The number of esters is 1. The molecule has 0 aliphatic heterocycles. The fourth-order valence-corrected chi connectivity index (χ4v) is 2.00. The summed E-state index contributed by atoms with van der Waals surface area (Å²) in [5.74, 6) is 0.267. The van der Waals surface area contributed by atoms with Crippen LogP contribution in [0.4, 0.5) is 8.78 Å². The van der Waals surface area contributed by atoms with Gasteiger partial charge in [-0.1, -0.05) is 37.3 Å². The first-order valence-corrected chi connectivity index (χ1v) is 6.91. The second-order valence-electron chi connectivity index (χ2n) is 4.64. The van der Waals surface area contributed by atoms with Crippen molar-refractivity contribution in [1.29, 1.82) is 0 Å². The molecule has 2 rings (SSSR count). The number of carbonyl (C=O) groups is 1. The molecule has 0 heterocycles. The third-order valence-corrected chi connectivity index (χ3v) is 3.00. The lowest BCUT2D eigenvalue weighted by atomic mass is 10.0. The summed E-state index contributed by atoms with van der Waals surface area (Å²) in [6.45, 7) is -1.15. The lowest BCUT2D eigenvalue weighted by Gasteiger charge is -2.11. The van der Waals surface area contributed by atoms with E-state index >= 15 is 0 Å². The second-order valence-corrected chi connectivity index (χ2v) is 4.64. The Morgan fingerprint density at radius 1 is 1.14 bits per heavy atom. The van der Waals surface area contributed by atoms with Crippen molar-refractivity contribution in [3.8, 4) is 11.5 Å². The molecule has 0 bridgehead atoms. The van der Waals surface area contributed by atoms with Crippen LogP contribution in [0.15, 0.2) is 48.5 Å². The highest BCUT2D eigenvalue weighted by Crippen LogP contribution is 2.24. The van der Waals surface area contributed by atoms with Crippen LogP contribution in [-0.2, 0) is 11.2 Å². The van der Waals surface area contributed by atoms with E-state index in [4.69, 9.17) is 4.74 Å². The summed E-state index contributed by atoms with van der Waals surface area (Å²) in [6.07, 6.45) is 0.690. The van der Waals surface area contributed by atoms with E-state index in [2.05, 4.69) is 4.74 Å². The van der Waals surface area contributed by atoms with Crippen molar-refractivity contribution in [1.82, 2.24) is 0 Å². The molecule has 0 aliphatic carbocycles. The monoisotopic (exact) mass is 306 g/mol. The molecule has 0 radical (unpaired) electrons. The molecule has 0 saturated carbocycles. The van der Waals surface area contributed by atoms with Crippen molar-refractivity contribution >= 4 is 5.97 Å². The zero-order valence-corrected chi connectivity index (χ0v) is 12.1. The Balaban J connectivity index is 2.17. The van der Waals surface area contributed by atoms with E-state index in [9.17, 15) is 13.6 Å². The predicted octanol–water partition coefficient (Wildman–Crippen LogP) is 4.19. The first-order valence-electron chi connectivity index (χ1n) is 6.91. The highest BCUT2D eigenvalue weighted by Gasteiger charge is 2.10. The van der Waals surface area contributed by atoms with Gasteiger partial charge < -0.3 is 9.47 Å². The summed E-state index contributed by atoms with van der Waals surface area (Å²) < 4.78 is 34.5. The zero-order chi connectivity index (χ0) is 15.9. The third kappa shape index (κ3) is 4.55. The summed E-state index contributed by atoms with van der Waals surface area (Å²) in [6, 6.07) is 13.6. The van der Waals surface area contributed by atoms with Crippen molar-refractivity contribution in [3.63, 3.8) is 0 Å². The molecule has 0 spiro atoms. The Bertz CT molecular complexity index is 641. The van der Waals surface area contributed by atoms with E-state index in [1.54, 1.807) is 43.3 Å². The van der Waals surface area contributed by atoms with E-state index in [1.165, 1.54) is 6.07 Å². The highest BCUT2D eigenvalue weighted by molar-refractivity contribution is 5.71. The SMILES string of the molecule is CCC(=O)Oc1cccc(Cc2ccccc2OC(F)F)c1. The van der Waals surface area contributed by atoms with Crippen molar-refractivity contribution in [2.24, 2.45) is 0 Å². The van der Waals surface area contributed by atoms with Crippen LogP contribution < -0.4 is 9.47 Å².